The van der Waals surface area contributed by atoms with E-state index in [1.165, 1.54) is 0 Å². The molecule has 1 amide bonds. The number of nitrogens with one attached hydrogen (secondary N) is 2. The number of amides is 1. The molecule has 3 aromatic rings. The minimum absolute atomic E-state index is 0.0669. The molecule has 1 aromatic heterocycles. The SMILES string of the molecule is Cc1ccccc1NC(=O)c1cncc(Nc2ccccc2OC(C)C)c1. The summed E-state index contributed by atoms with van der Waals surface area (Å²) in [5.41, 5.74) is 3.81. The summed E-state index contributed by atoms with van der Waals surface area (Å²) in [5, 5.41) is 6.20. The van der Waals surface area contributed by atoms with Crippen LogP contribution in [0.25, 0.3) is 0 Å². The van der Waals surface area contributed by atoms with Crippen LogP contribution in [0.15, 0.2) is 67.0 Å². The molecule has 0 radical (unpaired) electrons. The van der Waals surface area contributed by atoms with Crippen LogP contribution in [0.1, 0.15) is 29.8 Å². The van der Waals surface area contributed by atoms with E-state index in [1.54, 1.807) is 18.5 Å². The normalized spacial score (nSPS) is 10.5. The van der Waals surface area contributed by atoms with Crippen molar-refractivity contribution < 1.29 is 9.53 Å². The molecule has 0 aliphatic rings. The summed E-state index contributed by atoms with van der Waals surface area (Å²) in [5.74, 6) is 0.550. The maximum absolute atomic E-state index is 12.6. The van der Waals surface area contributed by atoms with E-state index in [4.69, 9.17) is 4.74 Å². The fraction of sp³-hybridized carbons (Fsp3) is 0.182. The van der Waals surface area contributed by atoms with Crippen LogP contribution in [0.5, 0.6) is 5.75 Å². The highest BCUT2D eigenvalue weighted by Crippen LogP contribution is 2.28. The van der Waals surface area contributed by atoms with Gasteiger partial charge in [-0.15, -0.1) is 0 Å². The van der Waals surface area contributed by atoms with Crippen molar-refractivity contribution in [2.45, 2.75) is 26.9 Å². The molecule has 3 rings (SSSR count). The second-order valence-corrected chi connectivity index (χ2v) is 6.52. The van der Waals surface area contributed by atoms with Crippen LogP contribution in [-0.2, 0) is 0 Å². The predicted octanol–water partition coefficient (Wildman–Crippen LogP) is 5.17. The smallest absolute Gasteiger partial charge is 0.257 e. The van der Waals surface area contributed by atoms with Crippen molar-refractivity contribution in [3.8, 4) is 5.75 Å². The van der Waals surface area contributed by atoms with Gasteiger partial charge in [0.1, 0.15) is 5.75 Å². The maximum Gasteiger partial charge on any atom is 0.257 e. The Labute approximate surface area is 159 Å². The summed E-state index contributed by atoms with van der Waals surface area (Å²) in [6.45, 7) is 5.92. The summed E-state index contributed by atoms with van der Waals surface area (Å²) in [4.78, 5) is 16.8. The number of aromatic nitrogens is 1. The molecule has 0 unspecified atom stereocenters. The third-order valence-corrected chi connectivity index (χ3v) is 3.92. The number of para-hydroxylation sites is 3. The summed E-state index contributed by atoms with van der Waals surface area (Å²) < 4.78 is 5.83. The van der Waals surface area contributed by atoms with Crippen LogP contribution in [-0.4, -0.2) is 17.0 Å². The van der Waals surface area contributed by atoms with Gasteiger partial charge in [0.15, 0.2) is 0 Å². The van der Waals surface area contributed by atoms with Crippen molar-refractivity contribution in [1.29, 1.82) is 0 Å². The Morgan fingerprint density at radius 3 is 2.44 bits per heavy atom. The van der Waals surface area contributed by atoms with E-state index in [-0.39, 0.29) is 12.0 Å². The van der Waals surface area contributed by atoms with Gasteiger partial charge in [0, 0.05) is 11.9 Å². The second-order valence-electron chi connectivity index (χ2n) is 6.52. The van der Waals surface area contributed by atoms with Crippen LogP contribution in [0, 0.1) is 6.92 Å². The first kappa shape index (κ1) is 18.5. The number of anilines is 3. The van der Waals surface area contributed by atoms with Crippen molar-refractivity contribution in [3.63, 3.8) is 0 Å². The Kier molecular flexibility index (Phi) is 5.71. The van der Waals surface area contributed by atoms with E-state index < -0.39 is 0 Å². The lowest BCUT2D eigenvalue weighted by Gasteiger charge is -2.15. The molecule has 2 N–H and O–H groups in total. The summed E-state index contributed by atoms with van der Waals surface area (Å²) in [6, 6.07) is 17.1. The molecule has 2 aromatic carbocycles. The van der Waals surface area contributed by atoms with E-state index in [0.29, 0.717) is 11.3 Å². The van der Waals surface area contributed by atoms with Gasteiger partial charge >= 0.3 is 0 Å². The highest BCUT2D eigenvalue weighted by molar-refractivity contribution is 6.05. The van der Waals surface area contributed by atoms with Gasteiger partial charge in [-0.2, -0.15) is 0 Å². The molecule has 0 saturated heterocycles. The van der Waals surface area contributed by atoms with Crippen LogP contribution < -0.4 is 15.4 Å². The molecule has 0 aliphatic carbocycles. The largest absolute Gasteiger partial charge is 0.489 e. The van der Waals surface area contributed by atoms with Gasteiger partial charge in [-0.25, -0.2) is 0 Å². The van der Waals surface area contributed by atoms with Gasteiger partial charge in [-0.05, 0) is 50.6 Å². The van der Waals surface area contributed by atoms with Crippen molar-refractivity contribution in [2.75, 3.05) is 10.6 Å². The number of nitrogens with zero attached hydrogens (tertiary/aromatic N) is 1. The molecular formula is C22H23N3O2. The summed E-state index contributed by atoms with van der Waals surface area (Å²) in [6.07, 6.45) is 3.30. The molecular weight excluding hydrogens is 338 g/mol. The molecule has 0 saturated carbocycles. The van der Waals surface area contributed by atoms with E-state index in [0.717, 1.165) is 22.7 Å². The third kappa shape index (κ3) is 4.85. The van der Waals surface area contributed by atoms with Crippen molar-refractivity contribution in [3.05, 3.63) is 78.1 Å². The maximum atomic E-state index is 12.6. The van der Waals surface area contributed by atoms with Gasteiger partial charge in [0.25, 0.3) is 5.91 Å². The molecule has 5 nitrogen and oxygen atoms in total. The summed E-state index contributed by atoms with van der Waals surface area (Å²) in [7, 11) is 0. The standard InChI is InChI=1S/C22H23N3O2/c1-15(2)27-21-11-7-6-10-20(21)24-18-12-17(13-23-14-18)22(26)25-19-9-5-4-8-16(19)3/h4-15,24H,1-3H3,(H,25,26). The van der Waals surface area contributed by atoms with Crippen molar-refractivity contribution >= 4 is 23.0 Å². The Hall–Kier alpha value is -3.34. The van der Waals surface area contributed by atoms with E-state index in [2.05, 4.69) is 15.6 Å². The molecule has 0 atom stereocenters. The fourth-order valence-electron chi connectivity index (χ4n) is 2.62. The van der Waals surface area contributed by atoms with E-state index in [1.807, 2.05) is 69.3 Å². The second kappa shape index (κ2) is 8.36. The van der Waals surface area contributed by atoms with Crippen LogP contribution in [0.2, 0.25) is 0 Å². The quantitative estimate of drug-likeness (QED) is 0.635. The molecule has 138 valence electrons. The number of hydrogen-bond donors (Lipinski definition) is 2. The highest BCUT2D eigenvalue weighted by Gasteiger charge is 2.10. The highest BCUT2D eigenvalue weighted by atomic mass is 16.5. The van der Waals surface area contributed by atoms with Crippen molar-refractivity contribution in [2.24, 2.45) is 0 Å². The lowest BCUT2D eigenvalue weighted by Crippen LogP contribution is -2.13. The number of pyridine rings is 1. The topological polar surface area (TPSA) is 63.2 Å². The first-order valence-corrected chi connectivity index (χ1v) is 8.87. The van der Waals surface area contributed by atoms with Gasteiger partial charge < -0.3 is 15.4 Å². The average molecular weight is 361 g/mol. The molecule has 0 bridgehead atoms. The lowest BCUT2D eigenvalue weighted by atomic mass is 10.2. The average Bonchev–Trinajstić information content (AvgIpc) is 2.65. The molecule has 0 aliphatic heterocycles. The van der Waals surface area contributed by atoms with Crippen LogP contribution in [0.4, 0.5) is 17.1 Å². The molecule has 27 heavy (non-hydrogen) atoms. The first-order valence-electron chi connectivity index (χ1n) is 8.87. The van der Waals surface area contributed by atoms with E-state index >= 15 is 0 Å². The lowest BCUT2D eigenvalue weighted by molar-refractivity contribution is 0.102. The predicted molar refractivity (Wildman–Crippen MR) is 109 cm³/mol. The number of hydrogen-bond acceptors (Lipinski definition) is 4. The number of carbonyl (C=O) groups is 1. The summed E-state index contributed by atoms with van der Waals surface area (Å²) >= 11 is 0. The Balaban J connectivity index is 1.78. The Morgan fingerprint density at radius 1 is 1.00 bits per heavy atom. The van der Waals surface area contributed by atoms with Crippen LogP contribution >= 0.6 is 0 Å². The molecule has 0 fully saturated rings. The zero-order chi connectivity index (χ0) is 19.2. The van der Waals surface area contributed by atoms with Gasteiger partial charge in [-0.3, -0.25) is 9.78 Å². The minimum atomic E-state index is -0.202. The third-order valence-electron chi connectivity index (χ3n) is 3.92. The van der Waals surface area contributed by atoms with Gasteiger partial charge in [0.05, 0.1) is 29.2 Å². The number of rotatable bonds is 6. The van der Waals surface area contributed by atoms with Crippen LogP contribution in [0.3, 0.4) is 0 Å². The first-order chi connectivity index (χ1) is 13.0. The van der Waals surface area contributed by atoms with Gasteiger partial charge in [-0.1, -0.05) is 30.3 Å². The van der Waals surface area contributed by atoms with Crippen molar-refractivity contribution in [1.82, 2.24) is 4.98 Å². The number of aryl methyl sites for hydroxylation is 1. The number of ether oxygens (including phenoxy) is 1. The Bertz CT molecular complexity index is 938. The molecule has 5 heteroatoms. The zero-order valence-corrected chi connectivity index (χ0v) is 15.7. The monoisotopic (exact) mass is 361 g/mol. The number of carbonyl (C=O) groups excluding carboxylic acids is 1. The van der Waals surface area contributed by atoms with E-state index in [9.17, 15) is 4.79 Å². The molecule has 1 heterocycles. The zero-order valence-electron chi connectivity index (χ0n) is 15.7. The fourth-order valence-corrected chi connectivity index (χ4v) is 2.62. The molecule has 0 spiro atoms. The van der Waals surface area contributed by atoms with Gasteiger partial charge in [0.2, 0.25) is 0 Å². The minimum Gasteiger partial charge on any atom is -0.489 e. The Morgan fingerprint density at radius 2 is 1.70 bits per heavy atom. The number of benzene rings is 2.